The van der Waals surface area contributed by atoms with Gasteiger partial charge in [-0.3, -0.25) is 24.1 Å². The number of nitrogens with zero attached hydrogens (tertiary/aromatic N) is 4. The second-order valence-corrected chi connectivity index (χ2v) is 12.4. The first-order valence-electron chi connectivity index (χ1n) is 15.3. The molecule has 2 amide bonds. The number of carbonyl (C=O) groups excluding carboxylic acids is 4. The summed E-state index contributed by atoms with van der Waals surface area (Å²) in [5, 5.41) is 19.5. The zero-order valence-electron chi connectivity index (χ0n) is 25.7. The van der Waals surface area contributed by atoms with Crippen molar-refractivity contribution in [2.75, 3.05) is 23.9 Å². The van der Waals surface area contributed by atoms with Crippen molar-refractivity contribution in [3.05, 3.63) is 113 Å². The predicted octanol–water partition coefficient (Wildman–Crippen LogP) is 6.51. The number of anilines is 2. The lowest BCUT2D eigenvalue weighted by Gasteiger charge is -2.42. The molecule has 9 nitrogen and oxygen atoms in total. The van der Waals surface area contributed by atoms with Crippen molar-refractivity contribution in [2.45, 2.75) is 25.7 Å². The van der Waals surface area contributed by atoms with Crippen LogP contribution in [0.3, 0.4) is 0 Å². The van der Waals surface area contributed by atoms with Crippen LogP contribution in [0.1, 0.15) is 31.2 Å². The molecule has 9 heteroatoms. The summed E-state index contributed by atoms with van der Waals surface area (Å²) >= 11 is 0. The molecular weight excluding hydrogens is 580 g/mol. The van der Waals surface area contributed by atoms with E-state index in [2.05, 4.69) is 10.2 Å². The van der Waals surface area contributed by atoms with Crippen LogP contribution in [0.15, 0.2) is 117 Å². The molecule has 0 aromatic heterocycles. The van der Waals surface area contributed by atoms with Gasteiger partial charge in [0.25, 0.3) is 0 Å². The van der Waals surface area contributed by atoms with Crippen molar-refractivity contribution in [1.82, 2.24) is 0 Å². The van der Waals surface area contributed by atoms with Gasteiger partial charge in [-0.2, -0.15) is 10.2 Å². The van der Waals surface area contributed by atoms with Gasteiger partial charge in [-0.05, 0) is 86.4 Å². The van der Waals surface area contributed by atoms with Crippen LogP contribution in [0.5, 0.6) is 5.75 Å². The van der Waals surface area contributed by atoms with E-state index in [1.807, 2.05) is 49.3 Å². The highest BCUT2D eigenvalue weighted by Gasteiger charge is 2.56. The van der Waals surface area contributed by atoms with E-state index < -0.39 is 23.7 Å². The quantitative estimate of drug-likeness (QED) is 0.152. The Morgan fingerprint density at radius 1 is 0.826 bits per heavy atom. The summed E-state index contributed by atoms with van der Waals surface area (Å²) in [6.07, 6.45) is 3.81. The van der Waals surface area contributed by atoms with Crippen molar-refractivity contribution in [1.29, 1.82) is 0 Å². The molecular formula is C37H32N4O5. The van der Waals surface area contributed by atoms with Gasteiger partial charge in [0.15, 0.2) is 11.6 Å². The molecule has 1 N–H and O–H groups in total. The summed E-state index contributed by atoms with van der Waals surface area (Å²) in [7, 11) is 3.93. The third-order valence-corrected chi connectivity index (χ3v) is 9.56. The molecule has 3 aliphatic carbocycles. The number of fused-ring (bicyclic) bond motifs is 3. The SMILES string of the molecule is CC1=CC(=O)C2=C(CC3C(=CCC4C(=O)N(c5ccc(N=Nc6ccc(N(C)C)cc6)cc5)C(=O)C43)C2c2ccccc2O)C1=O. The average Bonchev–Trinajstić information content (AvgIpc) is 3.31. The zero-order valence-corrected chi connectivity index (χ0v) is 25.7. The number of hydrogen-bond acceptors (Lipinski definition) is 8. The molecule has 7 rings (SSSR count). The maximum atomic E-state index is 14.2. The number of azo groups is 1. The fraction of sp³-hybridized carbons (Fsp3) is 0.243. The number of para-hydroxylation sites is 1. The van der Waals surface area contributed by atoms with Gasteiger partial charge in [0.2, 0.25) is 11.8 Å². The van der Waals surface area contributed by atoms with Crippen molar-refractivity contribution in [3.63, 3.8) is 0 Å². The van der Waals surface area contributed by atoms with Gasteiger partial charge >= 0.3 is 0 Å². The Morgan fingerprint density at radius 2 is 1.48 bits per heavy atom. The van der Waals surface area contributed by atoms with Crippen molar-refractivity contribution < 1.29 is 24.3 Å². The number of Topliss-reactive ketones (excluding diaryl/α,β-unsaturated/α-hetero) is 1. The van der Waals surface area contributed by atoms with Gasteiger partial charge in [0.1, 0.15) is 5.75 Å². The second kappa shape index (κ2) is 11.2. The topological polar surface area (TPSA) is 120 Å². The van der Waals surface area contributed by atoms with Crippen LogP contribution in [0.4, 0.5) is 22.7 Å². The molecule has 4 unspecified atom stereocenters. The Balaban J connectivity index is 1.19. The summed E-state index contributed by atoms with van der Waals surface area (Å²) in [6.45, 7) is 1.62. The van der Waals surface area contributed by atoms with E-state index >= 15 is 0 Å². The fourth-order valence-electron chi connectivity index (χ4n) is 7.32. The molecule has 0 saturated carbocycles. The largest absolute Gasteiger partial charge is 0.508 e. The highest BCUT2D eigenvalue weighted by molar-refractivity contribution is 6.25. The molecule has 230 valence electrons. The Labute approximate surface area is 266 Å². The third kappa shape index (κ3) is 4.70. The summed E-state index contributed by atoms with van der Waals surface area (Å²) in [5.41, 5.74) is 5.13. The zero-order chi connectivity index (χ0) is 32.3. The van der Waals surface area contributed by atoms with Gasteiger partial charge < -0.3 is 10.0 Å². The number of benzene rings is 3. The first-order valence-corrected chi connectivity index (χ1v) is 15.3. The summed E-state index contributed by atoms with van der Waals surface area (Å²) in [4.78, 5) is 58.0. The average molecular weight is 613 g/mol. The molecule has 4 atom stereocenters. The minimum atomic E-state index is -0.700. The number of phenolic OH excluding ortho intramolecular Hbond substituents is 1. The van der Waals surface area contributed by atoms with E-state index in [0.717, 1.165) is 11.3 Å². The number of phenols is 1. The fourth-order valence-corrected chi connectivity index (χ4v) is 7.32. The van der Waals surface area contributed by atoms with E-state index in [1.165, 1.54) is 11.0 Å². The molecule has 1 saturated heterocycles. The summed E-state index contributed by atoms with van der Waals surface area (Å²) in [6, 6.07) is 21.2. The number of allylic oxidation sites excluding steroid dienone is 6. The lowest BCUT2D eigenvalue weighted by atomic mass is 9.59. The lowest BCUT2D eigenvalue weighted by Crippen LogP contribution is -2.39. The smallest absolute Gasteiger partial charge is 0.238 e. The van der Waals surface area contributed by atoms with E-state index in [1.54, 1.807) is 55.5 Å². The Bertz CT molecular complexity index is 1930. The van der Waals surface area contributed by atoms with Crippen LogP contribution in [-0.2, 0) is 19.2 Å². The minimum Gasteiger partial charge on any atom is -0.508 e. The molecule has 0 bridgehead atoms. The third-order valence-electron chi connectivity index (χ3n) is 9.56. The van der Waals surface area contributed by atoms with Crippen molar-refractivity contribution in [3.8, 4) is 5.75 Å². The Morgan fingerprint density at radius 3 is 2.13 bits per heavy atom. The standard InChI is InChI=1S/C37H32N4O5/c1-20-18-31(43)34-29(35(20)44)19-28-25(32(34)26-6-4-5-7-30(26)42)16-17-27-33(28)37(46)41(36(27)45)24-14-10-22(11-15-24)39-38-21-8-12-23(13-9-21)40(2)3/h4-16,18,27-28,32-33,42H,17,19H2,1-3H3. The second-order valence-electron chi connectivity index (χ2n) is 12.4. The lowest BCUT2D eigenvalue weighted by molar-refractivity contribution is -0.123. The van der Waals surface area contributed by atoms with E-state index in [-0.39, 0.29) is 35.6 Å². The van der Waals surface area contributed by atoms with Crippen LogP contribution in [0, 0.1) is 17.8 Å². The van der Waals surface area contributed by atoms with E-state index in [4.69, 9.17) is 0 Å². The number of rotatable bonds is 5. The molecule has 1 aliphatic heterocycles. The van der Waals surface area contributed by atoms with Crippen LogP contribution in [0.2, 0.25) is 0 Å². The molecule has 1 fully saturated rings. The van der Waals surface area contributed by atoms with Crippen LogP contribution in [0.25, 0.3) is 0 Å². The van der Waals surface area contributed by atoms with Gasteiger partial charge in [0.05, 0.1) is 28.9 Å². The normalized spacial score (nSPS) is 24.1. The van der Waals surface area contributed by atoms with Gasteiger partial charge in [-0.25, -0.2) is 0 Å². The number of imide groups is 1. The number of amides is 2. The molecule has 0 radical (unpaired) electrons. The maximum Gasteiger partial charge on any atom is 0.238 e. The summed E-state index contributed by atoms with van der Waals surface area (Å²) < 4.78 is 0. The first-order chi connectivity index (χ1) is 22.1. The highest BCUT2D eigenvalue weighted by atomic mass is 16.3. The maximum absolute atomic E-state index is 14.2. The van der Waals surface area contributed by atoms with Gasteiger partial charge in [0, 0.05) is 48.0 Å². The summed E-state index contributed by atoms with van der Waals surface area (Å²) in [5.74, 6) is -3.56. The molecule has 0 spiro atoms. The van der Waals surface area contributed by atoms with E-state index in [0.29, 0.717) is 45.8 Å². The molecule has 3 aromatic carbocycles. The number of carbonyl (C=O) groups is 4. The highest BCUT2D eigenvalue weighted by Crippen LogP contribution is 2.56. The van der Waals surface area contributed by atoms with Gasteiger partial charge in [-0.15, -0.1) is 0 Å². The predicted molar refractivity (Wildman–Crippen MR) is 173 cm³/mol. The van der Waals surface area contributed by atoms with Crippen LogP contribution < -0.4 is 9.80 Å². The van der Waals surface area contributed by atoms with Gasteiger partial charge in [-0.1, -0.05) is 29.8 Å². The Kier molecular flexibility index (Phi) is 7.11. The van der Waals surface area contributed by atoms with Crippen LogP contribution in [-0.4, -0.2) is 42.6 Å². The molecule has 46 heavy (non-hydrogen) atoms. The van der Waals surface area contributed by atoms with Crippen molar-refractivity contribution in [2.24, 2.45) is 28.0 Å². The molecule has 4 aliphatic rings. The van der Waals surface area contributed by atoms with E-state index in [9.17, 15) is 24.3 Å². The number of ketones is 2. The number of hydrogen-bond donors (Lipinski definition) is 1. The minimum absolute atomic E-state index is 0.00724. The Hall–Kier alpha value is -5.44. The molecule has 3 aromatic rings. The van der Waals surface area contributed by atoms with Crippen LogP contribution >= 0.6 is 0 Å². The van der Waals surface area contributed by atoms with Crippen molar-refractivity contribution >= 4 is 46.1 Å². The monoisotopic (exact) mass is 612 g/mol. The molecule has 1 heterocycles. The number of aromatic hydroxyl groups is 1. The first kappa shape index (κ1) is 29.3.